The Morgan fingerprint density at radius 2 is 2.17 bits per heavy atom. The summed E-state index contributed by atoms with van der Waals surface area (Å²) in [6.07, 6.45) is 8.96. The Kier molecular flexibility index (Phi) is 1.39. The van der Waals surface area contributed by atoms with E-state index in [2.05, 4.69) is 11.8 Å². The highest BCUT2D eigenvalue weighted by atomic mass is 15.2. The van der Waals surface area contributed by atoms with Gasteiger partial charge >= 0.3 is 0 Å². The second kappa shape index (κ2) is 2.25. The zero-order valence-electron chi connectivity index (χ0n) is 8.05. The van der Waals surface area contributed by atoms with E-state index in [-0.39, 0.29) is 0 Å². The van der Waals surface area contributed by atoms with Crippen molar-refractivity contribution in [2.24, 2.45) is 5.41 Å². The first-order valence-corrected chi connectivity index (χ1v) is 5.55. The van der Waals surface area contributed by atoms with E-state index in [4.69, 9.17) is 0 Å². The average molecular weight is 165 g/mol. The van der Waals surface area contributed by atoms with Gasteiger partial charge in [-0.15, -0.1) is 0 Å². The molecule has 0 radical (unpaired) electrons. The van der Waals surface area contributed by atoms with Gasteiger partial charge in [0.25, 0.3) is 0 Å². The quantitative estimate of drug-likeness (QED) is 0.533. The number of hydrogen-bond acceptors (Lipinski definition) is 1. The molecule has 2 saturated heterocycles. The lowest BCUT2D eigenvalue weighted by molar-refractivity contribution is 0.205. The van der Waals surface area contributed by atoms with Crippen LogP contribution in [0.1, 0.15) is 45.4 Å². The Morgan fingerprint density at radius 1 is 1.25 bits per heavy atom. The van der Waals surface area contributed by atoms with E-state index in [0.29, 0.717) is 0 Å². The molecule has 0 spiro atoms. The van der Waals surface area contributed by atoms with Crippen LogP contribution in [0.2, 0.25) is 0 Å². The molecule has 1 saturated carbocycles. The van der Waals surface area contributed by atoms with Crippen molar-refractivity contribution in [1.82, 2.24) is 4.90 Å². The normalized spacial score (nSPS) is 52.8. The van der Waals surface area contributed by atoms with Crippen molar-refractivity contribution in [2.75, 3.05) is 6.54 Å². The van der Waals surface area contributed by atoms with Crippen molar-refractivity contribution in [2.45, 2.75) is 57.5 Å². The molecule has 3 rings (SSSR count). The molecule has 0 aromatic rings. The number of rotatable bonds is 0. The molecule has 2 aliphatic heterocycles. The van der Waals surface area contributed by atoms with E-state index in [1.807, 2.05) is 0 Å². The highest BCUT2D eigenvalue weighted by molar-refractivity contribution is 5.06. The summed E-state index contributed by atoms with van der Waals surface area (Å²) >= 11 is 0. The Balaban J connectivity index is 1.95. The third kappa shape index (κ3) is 0.783. The maximum atomic E-state index is 2.83. The predicted molar refractivity (Wildman–Crippen MR) is 50.1 cm³/mol. The van der Waals surface area contributed by atoms with Gasteiger partial charge in [0.2, 0.25) is 0 Å². The highest BCUT2D eigenvalue weighted by Crippen LogP contribution is 2.52. The Labute approximate surface area is 75.1 Å². The van der Waals surface area contributed by atoms with E-state index in [1.54, 1.807) is 0 Å². The second-order valence-electron chi connectivity index (χ2n) is 5.30. The molecule has 2 heterocycles. The molecule has 3 aliphatic rings. The van der Waals surface area contributed by atoms with Gasteiger partial charge in [-0.2, -0.15) is 0 Å². The number of nitrogens with zero attached hydrogens (tertiary/aromatic N) is 1. The summed E-state index contributed by atoms with van der Waals surface area (Å²) in [7, 11) is 0. The first-order valence-electron chi connectivity index (χ1n) is 5.55. The molecule has 1 heteroatoms. The van der Waals surface area contributed by atoms with Crippen molar-refractivity contribution < 1.29 is 0 Å². The van der Waals surface area contributed by atoms with Gasteiger partial charge < -0.3 is 0 Å². The van der Waals surface area contributed by atoms with Gasteiger partial charge in [-0.05, 0) is 44.1 Å². The molecule has 0 aromatic carbocycles. The fourth-order valence-electron chi connectivity index (χ4n) is 4.04. The van der Waals surface area contributed by atoms with Gasteiger partial charge in [-0.1, -0.05) is 13.3 Å². The molecule has 0 amide bonds. The molecule has 3 unspecified atom stereocenters. The lowest BCUT2D eigenvalue weighted by Crippen LogP contribution is -2.33. The van der Waals surface area contributed by atoms with Crippen LogP contribution in [-0.4, -0.2) is 23.5 Å². The SMILES string of the molecule is CC12CCCC(C1)N1CCCC12. The molecule has 0 aromatic heterocycles. The molecule has 3 fully saturated rings. The van der Waals surface area contributed by atoms with Crippen LogP contribution in [0.25, 0.3) is 0 Å². The van der Waals surface area contributed by atoms with Crippen LogP contribution in [0.4, 0.5) is 0 Å². The van der Waals surface area contributed by atoms with Crippen LogP contribution >= 0.6 is 0 Å². The minimum atomic E-state index is 0.722. The largest absolute Gasteiger partial charge is 0.297 e. The van der Waals surface area contributed by atoms with E-state index >= 15 is 0 Å². The van der Waals surface area contributed by atoms with E-state index < -0.39 is 0 Å². The van der Waals surface area contributed by atoms with E-state index in [0.717, 1.165) is 17.5 Å². The molecule has 1 aliphatic carbocycles. The molecule has 3 atom stereocenters. The topological polar surface area (TPSA) is 3.24 Å². The van der Waals surface area contributed by atoms with E-state index in [1.165, 1.54) is 45.1 Å². The molecule has 12 heavy (non-hydrogen) atoms. The summed E-state index contributed by atoms with van der Waals surface area (Å²) in [6, 6.07) is 1.96. The fourth-order valence-corrected chi connectivity index (χ4v) is 4.04. The maximum Gasteiger partial charge on any atom is 0.0153 e. The Hall–Kier alpha value is -0.0400. The molecule has 2 bridgehead atoms. The van der Waals surface area contributed by atoms with E-state index in [9.17, 15) is 0 Å². The van der Waals surface area contributed by atoms with Gasteiger partial charge in [0.1, 0.15) is 0 Å². The average Bonchev–Trinajstić information content (AvgIpc) is 2.57. The molecule has 1 nitrogen and oxygen atoms in total. The van der Waals surface area contributed by atoms with Crippen molar-refractivity contribution >= 4 is 0 Å². The summed E-state index contributed by atoms with van der Waals surface area (Å²) < 4.78 is 0. The van der Waals surface area contributed by atoms with Crippen molar-refractivity contribution in [3.8, 4) is 0 Å². The van der Waals surface area contributed by atoms with Crippen molar-refractivity contribution in [3.63, 3.8) is 0 Å². The smallest absolute Gasteiger partial charge is 0.0153 e. The molecule has 68 valence electrons. The van der Waals surface area contributed by atoms with Crippen LogP contribution in [0, 0.1) is 5.41 Å². The van der Waals surface area contributed by atoms with Gasteiger partial charge in [0.15, 0.2) is 0 Å². The molecular weight excluding hydrogens is 146 g/mol. The zero-order valence-corrected chi connectivity index (χ0v) is 8.05. The maximum absolute atomic E-state index is 2.83. The van der Waals surface area contributed by atoms with Gasteiger partial charge in [-0.3, -0.25) is 4.90 Å². The standard InChI is InChI=1S/C11H19N/c1-11-6-2-4-9(8-11)12-7-3-5-10(11)12/h9-10H,2-8H2,1H3. The first-order chi connectivity index (χ1) is 5.80. The molecule has 0 N–H and O–H groups in total. The van der Waals surface area contributed by atoms with Crippen LogP contribution in [0.15, 0.2) is 0 Å². The summed E-state index contributed by atoms with van der Waals surface area (Å²) in [4.78, 5) is 2.83. The predicted octanol–water partition coefficient (Wildman–Crippen LogP) is 2.41. The fraction of sp³-hybridized carbons (Fsp3) is 1.00. The van der Waals surface area contributed by atoms with Crippen LogP contribution in [-0.2, 0) is 0 Å². The zero-order chi connectivity index (χ0) is 8.18. The lowest BCUT2D eigenvalue weighted by atomic mass is 9.72. The lowest BCUT2D eigenvalue weighted by Gasteiger charge is -2.31. The number of fused-ring (bicyclic) bond motifs is 5. The minimum absolute atomic E-state index is 0.722. The monoisotopic (exact) mass is 165 g/mol. The number of hydrogen-bond donors (Lipinski definition) is 0. The second-order valence-corrected chi connectivity index (χ2v) is 5.30. The van der Waals surface area contributed by atoms with Gasteiger partial charge in [0.05, 0.1) is 0 Å². The van der Waals surface area contributed by atoms with Crippen LogP contribution < -0.4 is 0 Å². The Morgan fingerprint density at radius 3 is 3.08 bits per heavy atom. The summed E-state index contributed by atoms with van der Waals surface area (Å²) in [6.45, 7) is 3.94. The third-order valence-electron chi connectivity index (χ3n) is 4.55. The first kappa shape index (κ1) is 7.37. The Bertz CT molecular complexity index is 201. The van der Waals surface area contributed by atoms with Gasteiger partial charge in [0, 0.05) is 12.1 Å². The van der Waals surface area contributed by atoms with Crippen LogP contribution in [0.3, 0.4) is 0 Å². The summed E-state index contributed by atoms with van der Waals surface area (Å²) in [5.74, 6) is 0. The van der Waals surface area contributed by atoms with Crippen LogP contribution in [0.5, 0.6) is 0 Å². The van der Waals surface area contributed by atoms with Crippen molar-refractivity contribution in [3.05, 3.63) is 0 Å². The third-order valence-corrected chi connectivity index (χ3v) is 4.55. The van der Waals surface area contributed by atoms with Gasteiger partial charge in [-0.25, -0.2) is 0 Å². The molecular formula is C11H19N. The summed E-state index contributed by atoms with van der Waals surface area (Å²) in [5.41, 5.74) is 0.722. The van der Waals surface area contributed by atoms with Crippen molar-refractivity contribution in [1.29, 1.82) is 0 Å². The highest BCUT2D eigenvalue weighted by Gasteiger charge is 2.52. The minimum Gasteiger partial charge on any atom is -0.297 e. The summed E-state index contributed by atoms with van der Waals surface area (Å²) in [5, 5.41) is 0.